The Hall–Kier alpha value is -1.96. The largest absolute Gasteiger partial charge is 0.375 e. The van der Waals surface area contributed by atoms with Gasteiger partial charge in [0.05, 0.1) is 11.9 Å². The van der Waals surface area contributed by atoms with E-state index in [2.05, 4.69) is 32.7 Å². The van der Waals surface area contributed by atoms with Gasteiger partial charge in [-0.15, -0.1) is 0 Å². The number of hydrazone groups is 1. The maximum atomic E-state index is 11.1. The van der Waals surface area contributed by atoms with E-state index in [1.807, 2.05) is 0 Å². The van der Waals surface area contributed by atoms with E-state index in [-0.39, 0.29) is 5.11 Å². The van der Waals surface area contributed by atoms with Crippen LogP contribution in [0.25, 0.3) is 0 Å². The Kier molecular flexibility index (Phi) is 3.34. The molecule has 0 saturated heterocycles. The van der Waals surface area contributed by atoms with Gasteiger partial charge < -0.3 is 10.7 Å². The lowest BCUT2D eigenvalue weighted by Gasteiger charge is -1.97. The molecule has 7 nitrogen and oxygen atoms in total. The Labute approximate surface area is 89.4 Å². The van der Waals surface area contributed by atoms with Crippen LogP contribution in [-0.2, 0) is 0 Å². The van der Waals surface area contributed by atoms with Crippen LogP contribution in [0.4, 0.5) is 0 Å². The van der Waals surface area contributed by atoms with Crippen molar-refractivity contribution < 1.29 is 0 Å². The zero-order valence-corrected chi connectivity index (χ0v) is 8.64. The molecule has 0 bridgehead atoms. The number of rotatable bonds is 2. The maximum absolute atomic E-state index is 11.1. The molecule has 0 saturated carbocycles. The van der Waals surface area contributed by atoms with Crippen molar-refractivity contribution in [1.82, 2.24) is 15.4 Å². The highest BCUT2D eigenvalue weighted by molar-refractivity contribution is 7.80. The van der Waals surface area contributed by atoms with Crippen molar-refractivity contribution in [3.8, 4) is 0 Å². The second-order valence-electron chi connectivity index (χ2n) is 2.68. The molecular formula is C7H9N5O2S. The van der Waals surface area contributed by atoms with Crippen LogP contribution in [0.15, 0.2) is 14.7 Å². The molecule has 0 unspecified atom stereocenters. The number of H-pyrrole nitrogens is 2. The predicted molar refractivity (Wildman–Crippen MR) is 59.9 cm³/mol. The van der Waals surface area contributed by atoms with Crippen molar-refractivity contribution in [2.24, 2.45) is 10.8 Å². The summed E-state index contributed by atoms with van der Waals surface area (Å²) in [6.45, 7) is 1.55. The maximum Gasteiger partial charge on any atom is 0.326 e. The van der Waals surface area contributed by atoms with Crippen molar-refractivity contribution in [2.45, 2.75) is 6.92 Å². The molecule has 1 aromatic rings. The van der Waals surface area contributed by atoms with Crippen LogP contribution >= 0.6 is 12.2 Å². The first-order valence-electron chi connectivity index (χ1n) is 3.92. The fourth-order valence-corrected chi connectivity index (χ4v) is 0.909. The predicted octanol–water partition coefficient (Wildman–Crippen LogP) is -1.46. The van der Waals surface area contributed by atoms with Crippen LogP contribution in [0.2, 0.25) is 0 Å². The Balaban J connectivity index is 3.05. The summed E-state index contributed by atoms with van der Waals surface area (Å²) >= 11 is 4.51. The molecule has 1 rings (SSSR count). The molecule has 0 amide bonds. The van der Waals surface area contributed by atoms with Crippen LogP contribution in [-0.4, -0.2) is 21.3 Å². The second-order valence-corrected chi connectivity index (χ2v) is 3.12. The third kappa shape index (κ3) is 3.02. The van der Waals surface area contributed by atoms with Gasteiger partial charge in [0.15, 0.2) is 5.11 Å². The van der Waals surface area contributed by atoms with E-state index in [4.69, 9.17) is 5.73 Å². The molecule has 0 aliphatic heterocycles. The first-order valence-corrected chi connectivity index (χ1v) is 4.33. The molecule has 0 aliphatic carbocycles. The van der Waals surface area contributed by atoms with Gasteiger partial charge in [0, 0.05) is 5.56 Å². The fourth-order valence-electron chi connectivity index (χ4n) is 0.856. The molecule has 0 radical (unpaired) electrons. The quantitative estimate of drug-likeness (QED) is 0.280. The highest BCUT2D eigenvalue weighted by atomic mass is 32.1. The van der Waals surface area contributed by atoms with Gasteiger partial charge in [0.1, 0.15) is 0 Å². The van der Waals surface area contributed by atoms with Gasteiger partial charge in [0.25, 0.3) is 5.56 Å². The minimum Gasteiger partial charge on any atom is -0.375 e. The molecule has 15 heavy (non-hydrogen) atoms. The second kappa shape index (κ2) is 4.51. The zero-order valence-electron chi connectivity index (χ0n) is 7.83. The third-order valence-electron chi connectivity index (χ3n) is 1.59. The monoisotopic (exact) mass is 227 g/mol. The molecule has 0 spiro atoms. The van der Waals surface area contributed by atoms with E-state index in [0.29, 0.717) is 11.3 Å². The number of nitrogens with one attached hydrogen (secondary N) is 3. The Bertz CT molecular complexity index is 515. The third-order valence-corrected chi connectivity index (χ3v) is 1.68. The number of thiocarbonyl (C=S) groups is 1. The summed E-state index contributed by atoms with van der Waals surface area (Å²) < 4.78 is 0. The van der Waals surface area contributed by atoms with Crippen LogP contribution in [0.1, 0.15) is 11.3 Å². The molecule has 0 fully saturated rings. The molecule has 5 N–H and O–H groups in total. The van der Waals surface area contributed by atoms with Crippen molar-refractivity contribution in [3.63, 3.8) is 0 Å². The van der Waals surface area contributed by atoms with Gasteiger partial charge >= 0.3 is 5.69 Å². The summed E-state index contributed by atoms with van der Waals surface area (Å²) in [4.78, 5) is 26.6. The normalized spacial score (nSPS) is 10.5. The lowest BCUT2D eigenvalue weighted by Crippen LogP contribution is -2.27. The molecule has 1 aromatic heterocycles. The van der Waals surface area contributed by atoms with Crippen molar-refractivity contribution in [1.29, 1.82) is 0 Å². The topological polar surface area (TPSA) is 116 Å². The van der Waals surface area contributed by atoms with Crippen LogP contribution in [0.5, 0.6) is 0 Å². The Morgan fingerprint density at radius 2 is 2.20 bits per heavy atom. The smallest absolute Gasteiger partial charge is 0.326 e. The van der Waals surface area contributed by atoms with Gasteiger partial charge in [-0.2, -0.15) is 5.10 Å². The average Bonchev–Trinajstić information content (AvgIpc) is 2.12. The summed E-state index contributed by atoms with van der Waals surface area (Å²) in [5, 5.41) is 3.62. The zero-order chi connectivity index (χ0) is 11.4. The number of hydrogen-bond acceptors (Lipinski definition) is 4. The SMILES string of the molecule is Cc1c(/C=N\NC(N)=S)[nH]c(=O)[nH]c1=O. The molecule has 0 aliphatic rings. The average molecular weight is 227 g/mol. The highest BCUT2D eigenvalue weighted by Gasteiger charge is 2.01. The highest BCUT2D eigenvalue weighted by Crippen LogP contribution is 1.89. The first-order chi connectivity index (χ1) is 7.00. The summed E-state index contributed by atoms with van der Waals surface area (Å²) in [5.41, 5.74) is 7.02. The van der Waals surface area contributed by atoms with Gasteiger partial charge in [-0.1, -0.05) is 0 Å². The number of nitrogens with two attached hydrogens (primary N) is 1. The van der Waals surface area contributed by atoms with Gasteiger partial charge in [-0.05, 0) is 19.1 Å². The minimum absolute atomic E-state index is 0.00362. The summed E-state index contributed by atoms with van der Waals surface area (Å²) in [6.07, 6.45) is 1.26. The number of aromatic nitrogens is 2. The van der Waals surface area contributed by atoms with Crippen LogP contribution in [0, 0.1) is 6.92 Å². The first kappa shape index (κ1) is 11.1. The van der Waals surface area contributed by atoms with Gasteiger partial charge in [-0.25, -0.2) is 4.79 Å². The molecule has 80 valence electrons. The van der Waals surface area contributed by atoms with E-state index in [0.717, 1.165) is 0 Å². The van der Waals surface area contributed by atoms with Gasteiger partial charge in [0.2, 0.25) is 0 Å². The Morgan fingerprint density at radius 1 is 1.53 bits per heavy atom. The number of nitrogens with zero attached hydrogens (tertiary/aromatic N) is 1. The van der Waals surface area contributed by atoms with Crippen molar-refractivity contribution >= 4 is 23.5 Å². The fraction of sp³-hybridized carbons (Fsp3) is 0.143. The lowest BCUT2D eigenvalue weighted by molar-refractivity contribution is 0.986. The lowest BCUT2D eigenvalue weighted by atomic mass is 10.3. The molecule has 0 atom stereocenters. The van der Waals surface area contributed by atoms with E-state index >= 15 is 0 Å². The van der Waals surface area contributed by atoms with E-state index < -0.39 is 11.2 Å². The Morgan fingerprint density at radius 3 is 2.80 bits per heavy atom. The number of aromatic amines is 2. The molecule has 1 heterocycles. The molecule has 0 aromatic carbocycles. The minimum atomic E-state index is -0.595. The van der Waals surface area contributed by atoms with E-state index in [1.54, 1.807) is 6.92 Å². The summed E-state index contributed by atoms with van der Waals surface area (Å²) in [6, 6.07) is 0. The van der Waals surface area contributed by atoms with Crippen molar-refractivity contribution in [3.05, 3.63) is 32.1 Å². The standard InChI is InChI=1S/C7H9N5O2S/c1-3-4(2-9-12-6(8)15)10-7(14)11-5(3)13/h2H,1H3,(H3,8,12,15)(H2,10,11,13,14)/b9-2-. The summed E-state index contributed by atoms with van der Waals surface area (Å²) in [5.74, 6) is 0. The van der Waals surface area contributed by atoms with E-state index in [1.165, 1.54) is 6.21 Å². The summed E-state index contributed by atoms with van der Waals surface area (Å²) in [7, 11) is 0. The molecular weight excluding hydrogens is 218 g/mol. The number of hydrogen-bond donors (Lipinski definition) is 4. The van der Waals surface area contributed by atoms with Crippen LogP contribution < -0.4 is 22.4 Å². The van der Waals surface area contributed by atoms with Crippen LogP contribution in [0.3, 0.4) is 0 Å². The van der Waals surface area contributed by atoms with E-state index in [9.17, 15) is 9.59 Å². The molecule has 8 heteroatoms. The van der Waals surface area contributed by atoms with Gasteiger partial charge in [-0.3, -0.25) is 15.2 Å². The van der Waals surface area contributed by atoms with Crippen molar-refractivity contribution in [2.75, 3.05) is 0 Å².